The minimum Gasteiger partial charge on any atom is -0.481 e. The van der Waals surface area contributed by atoms with E-state index in [9.17, 15) is 24.0 Å². The van der Waals surface area contributed by atoms with Gasteiger partial charge in [0.1, 0.15) is 0 Å². The van der Waals surface area contributed by atoms with Gasteiger partial charge in [-0.15, -0.1) is 0 Å². The Morgan fingerprint density at radius 1 is 0.625 bits per heavy atom. The number of amides is 1. The number of hydrogen-bond acceptors (Lipinski definition) is 9. The molecule has 0 aliphatic carbocycles. The molecule has 1 rings (SSSR count). The van der Waals surface area contributed by atoms with Crippen LogP contribution in [-0.4, -0.2) is 81.4 Å². The van der Waals surface area contributed by atoms with Crippen molar-refractivity contribution in [1.29, 1.82) is 0 Å². The predicted octanol–water partition coefficient (Wildman–Crippen LogP) is 3.96. The van der Waals surface area contributed by atoms with Gasteiger partial charge < -0.3 is 48.7 Å². The largest absolute Gasteiger partial charge is 0.481 e. The Balaban J connectivity index is 0. The SMILES string of the molecule is NCCCCCC(N)C(CCCC(=O)O)C(=O)O.NCCCCCC(N)C1CCCCC(=O)N1.O=C(O)CCCCCCCCC(=O)O. The lowest BCUT2D eigenvalue weighted by atomic mass is 9.91. The van der Waals surface area contributed by atoms with E-state index in [-0.39, 0.29) is 37.3 Å². The van der Waals surface area contributed by atoms with Crippen LogP contribution in [0.5, 0.6) is 0 Å². The quantitative estimate of drug-likeness (QED) is 0.0582. The first-order chi connectivity index (χ1) is 22.8. The van der Waals surface area contributed by atoms with E-state index in [1.54, 1.807) is 0 Å². The molecule has 13 N–H and O–H groups in total. The maximum Gasteiger partial charge on any atom is 0.308 e. The van der Waals surface area contributed by atoms with Crippen LogP contribution in [0.25, 0.3) is 0 Å². The minimum atomic E-state index is -0.938. The Morgan fingerprint density at radius 3 is 1.56 bits per heavy atom. The average molecular weight is 690 g/mol. The zero-order valence-electron chi connectivity index (χ0n) is 29.1. The van der Waals surface area contributed by atoms with Crippen LogP contribution in [0.4, 0.5) is 0 Å². The molecule has 48 heavy (non-hydrogen) atoms. The second kappa shape index (κ2) is 32.7. The number of carbonyl (C=O) groups is 5. The Kier molecular flexibility index (Phi) is 32.3. The molecule has 1 aliphatic heterocycles. The molecule has 282 valence electrons. The number of carboxylic acid groups (broad SMARTS) is 4. The zero-order valence-corrected chi connectivity index (χ0v) is 29.1. The van der Waals surface area contributed by atoms with Gasteiger partial charge in [0.25, 0.3) is 0 Å². The maximum absolute atomic E-state index is 11.4. The van der Waals surface area contributed by atoms with Gasteiger partial charge in [-0.3, -0.25) is 24.0 Å². The third-order valence-corrected chi connectivity index (χ3v) is 8.29. The fourth-order valence-electron chi connectivity index (χ4n) is 5.38. The predicted molar refractivity (Wildman–Crippen MR) is 186 cm³/mol. The lowest BCUT2D eigenvalue weighted by molar-refractivity contribution is -0.144. The average Bonchev–Trinajstić information content (AvgIpc) is 3.25. The molecule has 1 amide bonds. The number of carboxylic acids is 4. The number of aliphatic carboxylic acids is 4. The molecule has 1 saturated heterocycles. The molecule has 0 spiro atoms. The Hall–Kier alpha value is -2.81. The van der Waals surface area contributed by atoms with Gasteiger partial charge in [0.15, 0.2) is 0 Å². The van der Waals surface area contributed by atoms with Gasteiger partial charge in [-0.05, 0) is 77.3 Å². The summed E-state index contributed by atoms with van der Waals surface area (Å²) in [6, 6.07) is -0.109. The van der Waals surface area contributed by atoms with Crippen molar-refractivity contribution in [3.63, 3.8) is 0 Å². The summed E-state index contributed by atoms with van der Waals surface area (Å²) in [7, 11) is 0. The normalized spacial score (nSPS) is 16.1. The van der Waals surface area contributed by atoms with Crippen LogP contribution in [-0.2, 0) is 24.0 Å². The molecular formula is C34H67N5O9. The van der Waals surface area contributed by atoms with Crippen molar-refractivity contribution in [2.75, 3.05) is 13.1 Å². The highest BCUT2D eigenvalue weighted by Gasteiger charge is 2.25. The zero-order chi connectivity index (χ0) is 36.6. The van der Waals surface area contributed by atoms with Crippen LogP contribution in [0.1, 0.15) is 148 Å². The Bertz CT molecular complexity index is 843. The summed E-state index contributed by atoms with van der Waals surface area (Å²) in [5.74, 6) is -3.81. The van der Waals surface area contributed by atoms with Crippen LogP contribution in [0.3, 0.4) is 0 Å². The van der Waals surface area contributed by atoms with Crippen molar-refractivity contribution in [1.82, 2.24) is 5.32 Å². The summed E-state index contributed by atoms with van der Waals surface area (Å²) >= 11 is 0. The van der Waals surface area contributed by atoms with Crippen molar-refractivity contribution in [3.8, 4) is 0 Å². The molecule has 14 nitrogen and oxygen atoms in total. The molecule has 14 heteroatoms. The Morgan fingerprint density at radius 2 is 1.08 bits per heavy atom. The van der Waals surface area contributed by atoms with Crippen molar-refractivity contribution >= 4 is 29.8 Å². The molecule has 0 aromatic rings. The Labute approximate surface area is 287 Å². The lowest BCUT2D eigenvalue weighted by Gasteiger charge is -2.23. The number of hydrogen-bond donors (Lipinski definition) is 9. The van der Waals surface area contributed by atoms with Crippen molar-refractivity contribution in [2.24, 2.45) is 28.9 Å². The third-order valence-electron chi connectivity index (χ3n) is 8.29. The van der Waals surface area contributed by atoms with Gasteiger partial charge >= 0.3 is 23.9 Å². The first-order valence-corrected chi connectivity index (χ1v) is 17.9. The smallest absolute Gasteiger partial charge is 0.308 e. The van der Waals surface area contributed by atoms with E-state index in [1.807, 2.05) is 0 Å². The molecule has 4 unspecified atom stereocenters. The van der Waals surface area contributed by atoms with Crippen molar-refractivity contribution in [3.05, 3.63) is 0 Å². The van der Waals surface area contributed by atoms with Gasteiger partial charge in [0, 0.05) is 43.8 Å². The monoisotopic (exact) mass is 689 g/mol. The summed E-state index contributed by atoms with van der Waals surface area (Å²) in [4.78, 5) is 53.1. The van der Waals surface area contributed by atoms with E-state index in [0.717, 1.165) is 109 Å². The highest BCUT2D eigenvalue weighted by molar-refractivity contribution is 5.76. The molecule has 0 saturated carbocycles. The molecule has 1 aliphatic rings. The molecule has 0 radical (unpaired) electrons. The van der Waals surface area contributed by atoms with Gasteiger partial charge in [-0.2, -0.15) is 0 Å². The summed E-state index contributed by atoms with van der Waals surface area (Å²) in [6.07, 6.45) is 18.0. The van der Waals surface area contributed by atoms with Crippen molar-refractivity contribution in [2.45, 2.75) is 166 Å². The summed E-state index contributed by atoms with van der Waals surface area (Å²) in [5.41, 5.74) is 22.8. The van der Waals surface area contributed by atoms with Gasteiger partial charge in [0.05, 0.1) is 5.92 Å². The second-order valence-corrected chi connectivity index (χ2v) is 12.7. The van der Waals surface area contributed by atoms with Crippen LogP contribution in [0.2, 0.25) is 0 Å². The first kappa shape index (κ1) is 47.3. The van der Waals surface area contributed by atoms with E-state index in [4.69, 9.17) is 43.4 Å². The van der Waals surface area contributed by atoms with E-state index < -0.39 is 35.8 Å². The summed E-state index contributed by atoms with van der Waals surface area (Å²) in [5, 5.41) is 37.3. The van der Waals surface area contributed by atoms with Crippen LogP contribution >= 0.6 is 0 Å². The standard InChI is InChI=1S/C12H25N3O.C12H24N2O4.C10H18O4/c13-9-5-1-2-6-10(14)11-7-3-4-8-12(16)15-11;13-8-3-1-2-6-10(14)9(12(17)18)5-4-7-11(15)16;11-9(12)7-5-3-1-2-4-6-8-10(13)14/h10-11H,1-9,13-14H2,(H,15,16);9-10H,1-8,13-14H2,(H,15,16)(H,17,18);1-8H2,(H,11,12)(H,13,14). The van der Waals surface area contributed by atoms with E-state index >= 15 is 0 Å². The molecule has 0 aromatic heterocycles. The molecular weight excluding hydrogens is 622 g/mol. The van der Waals surface area contributed by atoms with E-state index in [0.29, 0.717) is 32.2 Å². The number of carbonyl (C=O) groups excluding carboxylic acids is 1. The third kappa shape index (κ3) is 31.8. The van der Waals surface area contributed by atoms with Crippen LogP contribution in [0.15, 0.2) is 0 Å². The molecule has 1 fully saturated rings. The number of nitrogens with two attached hydrogens (primary N) is 4. The van der Waals surface area contributed by atoms with E-state index in [2.05, 4.69) is 5.32 Å². The van der Waals surface area contributed by atoms with Gasteiger partial charge in [-0.1, -0.05) is 57.8 Å². The van der Waals surface area contributed by atoms with Crippen LogP contribution < -0.4 is 28.3 Å². The lowest BCUT2D eigenvalue weighted by Crippen LogP contribution is -2.46. The van der Waals surface area contributed by atoms with Crippen LogP contribution in [0, 0.1) is 5.92 Å². The molecule has 1 heterocycles. The number of unbranched alkanes of at least 4 members (excludes halogenated alkanes) is 9. The fourth-order valence-corrected chi connectivity index (χ4v) is 5.38. The minimum absolute atomic E-state index is 0.0102. The maximum atomic E-state index is 11.4. The van der Waals surface area contributed by atoms with Crippen molar-refractivity contribution < 1.29 is 44.4 Å². The first-order valence-electron chi connectivity index (χ1n) is 17.9. The summed E-state index contributed by atoms with van der Waals surface area (Å²) in [6.45, 7) is 1.39. The molecule has 0 bridgehead atoms. The van der Waals surface area contributed by atoms with E-state index in [1.165, 1.54) is 0 Å². The highest BCUT2D eigenvalue weighted by Crippen LogP contribution is 2.17. The second-order valence-electron chi connectivity index (χ2n) is 12.7. The topological polar surface area (TPSA) is 282 Å². The van der Waals surface area contributed by atoms with Gasteiger partial charge in [-0.25, -0.2) is 0 Å². The fraction of sp³-hybridized carbons (Fsp3) is 0.853. The summed E-state index contributed by atoms with van der Waals surface area (Å²) < 4.78 is 0. The highest BCUT2D eigenvalue weighted by atomic mass is 16.4. The number of nitrogens with one attached hydrogen (secondary N) is 1. The van der Waals surface area contributed by atoms with Gasteiger partial charge in [0.2, 0.25) is 5.91 Å². The molecule has 4 atom stereocenters. The molecule has 0 aromatic carbocycles. The number of rotatable bonds is 26.